The fourth-order valence-electron chi connectivity index (χ4n) is 11.3. The van der Waals surface area contributed by atoms with Crippen LogP contribution in [-0.4, -0.2) is 9.13 Å². The summed E-state index contributed by atoms with van der Waals surface area (Å²) in [6, 6.07) is 87.3. The van der Waals surface area contributed by atoms with Crippen molar-refractivity contribution < 1.29 is 8.83 Å². The minimum atomic E-state index is 0.756. The summed E-state index contributed by atoms with van der Waals surface area (Å²) >= 11 is 0. The molecule has 0 amide bonds. The normalized spacial score (nSPS) is 12.0. The van der Waals surface area contributed by atoms with Crippen LogP contribution >= 0.6 is 0 Å². The highest BCUT2D eigenvalue weighted by atomic mass is 16.4. The standard InChI is InChI=1S/C66H40N2O2/c1-5-15-41(16-6-1)43-27-33-59-55(37-43)57-39-45(29-35-61(57)67(59)47-19-9-3-10-20-47)49-23-13-25-51-53-31-32-54-52-26-14-24-50(64(52)70-66(54)65(53)69-63(49)51)46-30-36-62-58(40-46)56-38-44(42-17-7-2-8-18-42)28-34-60(56)68(62)48-21-11-4-12-22-48/h1-40H. The first-order valence-corrected chi connectivity index (χ1v) is 23.9. The van der Waals surface area contributed by atoms with Gasteiger partial charge in [-0.1, -0.05) is 158 Å². The minimum absolute atomic E-state index is 0.756. The molecule has 0 fully saturated rings. The van der Waals surface area contributed by atoms with Crippen LogP contribution in [-0.2, 0) is 0 Å². The summed E-state index contributed by atoms with van der Waals surface area (Å²) in [6.45, 7) is 0. The number of furan rings is 2. The van der Waals surface area contributed by atoms with Gasteiger partial charge in [0.15, 0.2) is 11.2 Å². The van der Waals surface area contributed by atoms with E-state index >= 15 is 0 Å². The summed E-state index contributed by atoms with van der Waals surface area (Å²) in [6.07, 6.45) is 0. The van der Waals surface area contributed by atoms with Crippen LogP contribution in [0, 0.1) is 0 Å². The average Bonchev–Trinajstić information content (AvgIpc) is 4.19. The van der Waals surface area contributed by atoms with Crippen molar-refractivity contribution in [2.24, 2.45) is 0 Å². The second-order valence-electron chi connectivity index (χ2n) is 18.4. The summed E-state index contributed by atoms with van der Waals surface area (Å²) in [5.41, 5.74) is 19.2. The third kappa shape index (κ3) is 5.77. The van der Waals surface area contributed by atoms with Gasteiger partial charge in [0.1, 0.15) is 11.2 Å². The van der Waals surface area contributed by atoms with Crippen LogP contribution in [0.5, 0.6) is 0 Å². The first kappa shape index (κ1) is 38.7. The van der Waals surface area contributed by atoms with Gasteiger partial charge in [0.25, 0.3) is 0 Å². The maximum Gasteiger partial charge on any atom is 0.178 e. The van der Waals surface area contributed by atoms with Gasteiger partial charge in [0.2, 0.25) is 0 Å². The Morgan fingerprint density at radius 2 is 0.543 bits per heavy atom. The predicted molar refractivity (Wildman–Crippen MR) is 291 cm³/mol. The van der Waals surface area contributed by atoms with Gasteiger partial charge in [-0.15, -0.1) is 0 Å². The Morgan fingerprint density at radius 1 is 0.214 bits per heavy atom. The van der Waals surface area contributed by atoms with Crippen molar-refractivity contribution in [1.29, 1.82) is 0 Å². The second-order valence-corrected chi connectivity index (χ2v) is 18.4. The monoisotopic (exact) mass is 892 g/mol. The number of hydrogen-bond acceptors (Lipinski definition) is 2. The van der Waals surface area contributed by atoms with Gasteiger partial charge in [-0.05, 0) is 118 Å². The highest BCUT2D eigenvalue weighted by Gasteiger charge is 2.22. The van der Waals surface area contributed by atoms with Gasteiger partial charge in [-0.25, -0.2) is 0 Å². The lowest BCUT2D eigenvalue weighted by atomic mass is 9.98. The predicted octanol–water partition coefficient (Wildman–Crippen LogP) is 18.3. The molecule has 0 aliphatic rings. The van der Waals surface area contributed by atoms with Crippen molar-refractivity contribution in [3.8, 4) is 55.9 Å². The molecule has 0 bridgehead atoms. The van der Waals surface area contributed by atoms with Gasteiger partial charge >= 0.3 is 0 Å². The van der Waals surface area contributed by atoms with Crippen LogP contribution in [0.1, 0.15) is 0 Å². The molecule has 0 radical (unpaired) electrons. The van der Waals surface area contributed by atoms with E-state index in [1.807, 2.05) is 0 Å². The second kappa shape index (κ2) is 15.1. The fraction of sp³-hybridized carbons (Fsp3) is 0. The Morgan fingerprint density at radius 3 is 0.929 bits per heavy atom. The van der Waals surface area contributed by atoms with E-state index in [2.05, 4.69) is 252 Å². The van der Waals surface area contributed by atoms with Crippen molar-refractivity contribution in [1.82, 2.24) is 9.13 Å². The molecule has 70 heavy (non-hydrogen) atoms. The van der Waals surface area contributed by atoms with Crippen LogP contribution in [0.3, 0.4) is 0 Å². The van der Waals surface area contributed by atoms with E-state index in [-0.39, 0.29) is 0 Å². The lowest BCUT2D eigenvalue weighted by molar-refractivity contribution is 0.634. The van der Waals surface area contributed by atoms with E-state index in [1.54, 1.807) is 0 Å². The highest BCUT2D eigenvalue weighted by molar-refractivity contribution is 6.22. The molecule has 4 aromatic heterocycles. The molecule has 4 nitrogen and oxygen atoms in total. The zero-order valence-electron chi connectivity index (χ0n) is 37.8. The van der Waals surface area contributed by atoms with E-state index in [9.17, 15) is 0 Å². The molecule has 4 heteroatoms. The maximum absolute atomic E-state index is 7.07. The zero-order chi connectivity index (χ0) is 45.9. The number of fused-ring (bicyclic) bond motifs is 13. The SMILES string of the molecule is c1ccc(-c2ccc3c(c2)c2cc(-c4cccc5c4oc4c5ccc5c6cccc(-c7ccc8c(c7)c7cc(-c9ccccc9)ccc7n8-c7ccccc7)c6oc54)ccc2n3-c2ccccc2)cc1. The molecule has 0 aliphatic heterocycles. The Hall–Kier alpha value is -9.38. The molecule has 15 aromatic rings. The molecular formula is C66H40N2O2. The molecule has 15 rings (SSSR count). The molecule has 0 saturated carbocycles. The van der Waals surface area contributed by atoms with E-state index in [0.717, 1.165) is 88.5 Å². The van der Waals surface area contributed by atoms with Crippen LogP contribution in [0.25, 0.3) is 143 Å². The van der Waals surface area contributed by atoms with Gasteiger partial charge in [0.05, 0.1) is 22.1 Å². The minimum Gasteiger partial charge on any atom is -0.451 e. The highest BCUT2D eigenvalue weighted by Crippen LogP contribution is 2.46. The number of para-hydroxylation sites is 4. The molecule has 11 aromatic carbocycles. The van der Waals surface area contributed by atoms with Gasteiger partial charge < -0.3 is 18.0 Å². The molecule has 326 valence electrons. The van der Waals surface area contributed by atoms with Gasteiger partial charge in [0, 0.05) is 65.6 Å². The number of rotatable bonds is 6. The van der Waals surface area contributed by atoms with E-state index < -0.39 is 0 Å². The first-order valence-electron chi connectivity index (χ1n) is 23.9. The molecule has 0 atom stereocenters. The zero-order valence-corrected chi connectivity index (χ0v) is 37.8. The molecule has 0 unspecified atom stereocenters. The number of aromatic nitrogens is 2. The van der Waals surface area contributed by atoms with Crippen molar-refractivity contribution in [2.75, 3.05) is 0 Å². The Bertz CT molecular complexity index is 4260. The molecule has 0 aliphatic carbocycles. The van der Waals surface area contributed by atoms with E-state index in [4.69, 9.17) is 8.83 Å². The summed E-state index contributed by atoms with van der Waals surface area (Å²) in [4.78, 5) is 0. The summed E-state index contributed by atoms with van der Waals surface area (Å²) in [5.74, 6) is 0. The maximum atomic E-state index is 7.07. The summed E-state index contributed by atoms with van der Waals surface area (Å²) < 4.78 is 18.9. The van der Waals surface area contributed by atoms with Crippen molar-refractivity contribution in [3.05, 3.63) is 243 Å². The summed E-state index contributed by atoms with van der Waals surface area (Å²) in [7, 11) is 0. The first-order chi connectivity index (χ1) is 34.7. The van der Waals surface area contributed by atoms with Crippen LogP contribution < -0.4 is 0 Å². The number of hydrogen-bond donors (Lipinski definition) is 0. The molecule has 4 heterocycles. The molecular weight excluding hydrogens is 853 g/mol. The van der Waals surface area contributed by atoms with Crippen molar-refractivity contribution in [3.63, 3.8) is 0 Å². The van der Waals surface area contributed by atoms with Crippen LogP contribution in [0.15, 0.2) is 251 Å². The lowest BCUT2D eigenvalue weighted by Gasteiger charge is -2.08. The summed E-state index contributed by atoms with van der Waals surface area (Å²) in [5, 5.41) is 8.97. The van der Waals surface area contributed by atoms with Gasteiger partial charge in [-0.2, -0.15) is 0 Å². The van der Waals surface area contributed by atoms with Crippen molar-refractivity contribution in [2.45, 2.75) is 0 Å². The topological polar surface area (TPSA) is 36.1 Å². The van der Waals surface area contributed by atoms with Gasteiger partial charge in [-0.3, -0.25) is 0 Å². The third-order valence-electron chi connectivity index (χ3n) is 14.5. The lowest BCUT2D eigenvalue weighted by Crippen LogP contribution is -1.93. The fourth-order valence-corrected chi connectivity index (χ4v) is 11.3. The molecule has 0 spiro atoms. The molecule has 0 saturated heterocycles. The molecule has 0 N–H and O–H groups in total. The number of benzene rings is 11. The quantitative estimate of drug-likeness (QED) is 0.167. The smallest absolute Gasteiger partial charge is 0.178 e. The largest absolute Gasteiger partial charge is 0.451 e. The van der Waals surface area contributed by atoms with Crippen LogP contribution in [0.4, 0.5) is 0 Å². The van der Waals surface area contributed by atoms with E-state index in [1.165, 1.54) is 54.8 Å². The van der Waals surface area contributed by atoms with E-state index in [0.29, 0.717) is 0 Å². The average molecular weight is 893 g/mol. The third-order valence-corrected chi connectivity index (χ3v) is 14.5. The Balaban J connectivity index is 0.897. The Labute approximate surface area is 402 Å². The van der Waals surface area contributed by atoms with Crippen molar-refractivity contribution >= 4 is 87.5 Å². The Kier molecular flexibility index (Phi) is 8.33. The van der Waals surface area contributed by atoms with Crippen LogP contribution in [0.2, 0.25) is 0 Å². The number of nitrogens with zero attached hydrogens (tertiary/aromatic N) is 2.